The highest BCUT2D eigenvalue weighted by molar-refractivity contribution is 9.10. The Hall–Kier alpha value is -3.01. The Labute approximate surface area is 225 Å². The first-order chi connectivity index (χ1) is 17.4. The van der Waals surface area contributed by atoms with E-state index in [1.807, 2.05) is 78.9 Å². The minimum atomic E-state index is -1.15. The average molecular weight is 582 g/mol. The van der Waals surface area contributed by atoms with Gasteiger partial charge in [0.25, 0.3) is 5.91 Å². The summed E-state index contributed by atoms with van der Waals surface area (Å²) >= 11 is 6.42. The highest BCUT2D eigenvalue weighted by Gasteiger charge is 2.54. The number of aliphatic carboxylic acids is 1. The molecule has 0 aliphatic carbocycles. The zero-order valence-corrected chi connectivity index (χ0v) is 22.1. The molecule has 36 heavy (non-hydrogen) atoms. The molecule has 0 aromatic heterocycles. The van der Waals surface area contributed by atoms with Crippen LogP contribution in [0.3, 0.4) is 0 Å². The maximum absolute atomic E-state index is 12.9. The minimum absolute atomic E-state index is 0.0126. The molecule has 6 nitrogen and oxygen atoms in total. The van der Waals surface area contributed by atoms with Crippen LogP contribution in [0, 0.1) is 0 Å². The lowest BCUT2D eigenvalue weighted by molar-refractivity contribution is -0.150. The third-order valence-electron chi connectivity index (χ3n) is 5.93. The van der Waals surface area contributed by atoms with E-state index in [-0.39, 0.29) is 18.0 Å². The van der Waals surface area contributed by atoms with E-state index < -0.39 is 23.3 Å². The molecule has 1 saturated heterocycles. The zero-order valence-electron chi connectivity index (χ0n) is 18.9. The van der Waals surface area contributed by atoms with Crippen LogP contribution in [-0.4, -0.2) is 45.0 Å². The van der Waals surface area contributed by atoms with Crippen LogP contribution in [0.4, 0.5) is 0 Å². The van der Waals surface area contributed by atoms with Crippen molar-refractivity contribution in [3.63, 3.8) is 0 Å². The van der Waals surface area contributed by atoms with Gasteiger partial charge in [0.05, 0.1) is 6.42 Å². The van der Waals surface area contributed by atoms with Gasteiger partial charge in [0.2, 0.25) is 5.91 Å². The molecule has 0 saturated carbocycles. The standard InChI is InChI=1S/C27H21BrN2O4S2/c28-19-14-18(17-9-5-2-6-10-17)11-12-20(19)36-21-15-35-26-23(25(32)30(26)24(21)27(33)34)29-22(31)13-16-7-3-1-4-8-16/h1-12,14,23,26H,13,15H2,(H,29,31)(H,33,34)/t23-,26+/m1/s1. The van der Waals surface area contributed by atoms with Crippen LogP contribution in [0.1, 0.15) is 5.56 Å². The predicted molar refractivity (Wildman–Crippen MR) is 145 cm³/mol. The molecule has 2 amide bonds. The van der Waals surface area contributed by atoms with Crippen molar-refractivity contribution in [1.29, 1.82) is 0 Å². The van der Waals surface area contributed by atoms with Crippen LogP contribution in [0.5, 0.6) is 0 Å². The van der Waals surface area contributed by atoms with Crippen LogP contribution in [0.2, 0.25) is 0 Å². The minimum Gasteiger partial charge on any atom is -0.477 e. The quantitative estimate of drug-likeness (QED) is 0.376. The third-order valence-corrected chi connectivity index (χ3v) is 9.47. The van der Waals surface area contributed by atoms with Crippen molar-refractivity contribution >= 4 is 57.2 Å². The van der Waals surface area contributed by atoms with E-state index in [1.54, 1.807) is 0 Å². The van der Waals surface area contributed by atoms with Gasteiger partial charge in [-0.15, -0.1) is 11.8 Å². The fourth-order valence-corrected chi connectivity index (χ4v) is 7.30. The number of rotatable bonds is 7. The number of nitrogens with zero attached hydrogens (tertiary/aromatic N) is 1. The Morgan fingerprint density at radius 1 is 1.03 bits per heavy atom. The molecule has 2 heterocycles. The van der Waals surface area contributed by atoms with Crippen molar-refractivity contribution in [3.8, 4) is 11.1 Å². The number of hydrogen-bond donors (Lipinski definition) is 2. The van der Waals surface area contributed by atoms with Crippen molar-refractivity contribution in [2.75, 3.05) is 5.75 Å². The lowest BCUT2D eigenvalue weighted by Crippen LogP contribution is -2.70. The second kappa shape index (κ2) is 10.5. The highest BCUT2D eigenvalue weighted by atomic mass is 79.9. The summed E-state index contributed by atoms with van der Waals surface area (Å²) in [6, 6.07) is 24.5. The monoisotopic (exact) mass is 580 g/mol. The van der Waals surface area contributed by atoms with E-state index in [4.69, 9.17) is 0 Å². The normalized spacial score (nSPS) is 18.9. The number of benzene rings is 3. The van der Waals surface area contributed by atoms with Gasteiger partial charge < -0.3 is 10.4 Å². The molecular weight excluding hydrogens is 560 g/mol. The van der Waals surface area contributed by atoms with E-state index in [9.17, 15) is 19.5 Å². The molecule has 182 valence electrons. The third kappa shape index (κ3) is 4.96. The summed E-state index contributed by atoms with van der Waals surface area (Å²) in [7, 11) is 0. The molecule has 2 aliphatic heterocycles. The Bertz CT molecular complexity index is 1360. The van der Waals surface area contributed by atoms with Crippen molar-refractivity contribution in [2.45, 2.75) is 22.7 Å². The summed E-state index contributed by atoms with van der Waals surface area (Å²) in [4.78, 5) is 40.4. The van der Waals surface area contributed by atoms with Gasteiger partial charge in [0.15, 0.2) is 0 Å². The number of halogens is 1. The van der Waals surface area contributed by atoms with Gasteiger partial charge in [-0.2, -0.15) is 0 Å². The number of thioether (sulfide) groups is 2. The van der Waals surface area contributed by atoms with Crippen molar-refractivity contribution in [1.82, 2.24) is 10.2 Å². The molecule has 3 aromatic rings. The van der Waals surface area contributed by atoms with Gasteiger partial charge in [-0.25, -0.2) is 4.79 Å². The van der Waals surface area contributed by atoms with Crippen LogP contribution < -0.4 is 5.32 Å². The second-order valence-corrected chi connectivity index (χ2v) is 11.4. The first-order valence-corrected chi connectivity index (χ1v) is 13.9. The Morgan fingerprint density at radius 3 is 2.39 bits per heavy atom. The largest absolute Gasteiger partial charge is 0.477 e. The fourth-order valence-electron chi connectivity index (χ4n) is 4.20. The lowest BCUT2D eigenvalue weighted by atomic mass is 10.0. The smallest absolute Gasteiger partial charge is 0.353 e. The molecule has 1 fully saturated rings. The van der Waals surface area contributed by atoms with Crippen LogP contribution >= 0.6 is 39.5 Å². The summed E-state index contributed by atoms with van der Waals surface area (Å²) in [6.45, 7) is 0. The van der Waals surface area contributed by atoms with Gasteiger partial charge in [-0.1, -0.05) is 78.5 Å². The zero-order chi connectivity index (χ0) is 25.2. The summed E-state index contributed by atoms with van der Waals surface area (Å²) in [5, 5.41) is 12.3. The number of carboxylic acid groups (broad SMARTS) is 1. The average Bonchev–Trinajstić information content (AvgIpc) is 2.89. The predicted octanol–water partition coefficient (Wildman–Crippen LogP) is 5.15. The van der Waals surface area contributed by atoms with Gasteiger partial charge in [-0.3, -0.25) is 14.5 Å². The molecule has 0 unspecified atom stereocenters. The molecular formula is C27H21BrN2O4S2. The van der Waals surface area contributed by atoms with Crippen LogP contribution in [-0.2, 0) is 20.8 Å². The topological polar surface area (TPSA) is 86.7 Å². The number of carbonyl (C=O) groups excluding carboxylic acids is 2. The maximum atomic E-state index is 12.9. The lowest BCUT2D eigenvalue weighted by Gasteiger charge is -2.49. The summed E-state index contributed by atoms with van der Waals surface area (Å²) in [6.07, 6.45) is 0.164. The molecule has 9 heteroatoms. The first kappa shape index (κ1) is 24.7. The molecule has 2 atom stereocenters. The van der Waals surface area contributed by atoms with Crippen molar-refractivity contribution < 1.29 is 19.5 Å². The number of amides is 2. The molecule has 0 spiro atoms. The summed E-state index contributed by atoms with van der Waals surface area (Å²) < 4.78 is 0.846. The van der Waals surface area contributed by atoms with E-state index in [0.717, 1.165) is 26.1 Å². The fraction of sp³-hybridized carbons (Fsp3) is 0.148. The van der Waals surface area contributed by atoms with E-state index in [2.05, 4.69) is 21.2 Å². The van der Waals surface area contributed by atoms with Gasteiger partial charge in [0.1, 0.15) is 17.1 Å². The SMILES string of the molecule is O=C(Cc1ccccc1)N[C@@H]1C(=O)N2C(C(=O)O)=C(Sc3ccc(-c4ccccc4)cc3Br)CS[C@@H]12. The van der Waals surface area contributed by atoms with E-state index >= 15 is 0 Å². The van der Waals surface area contributed by atoms with E-state index in [0.29, 0.717) is 10.7 Å². The van der Waals surface area contributed by atoms with Crippen molar-refractivity contribution in [3.05, 3.63) is 99.5 Å². The number of β-lactam (4-membered cyclic amide) rings is 1. The Balaban J connectivity index is 1.32. The molecule has 2 aliphatic rings. The number of carbonyl (C=O) groups is 3. The molecule has 0 radical (unpaired) electrons. The molecule has 3 aromatic carbocycles. The number of nitrogens with one attached hydrogen (secondary N) is 1. The summed E-state index contributed by atoms with van der Waals surface area (Å²) in [5.74, 6) is -1.38. The van der Waals surface area contributed by atoms with Crippen molar-refractivity contribution in [2.24, 2.45) is 0 Å². The van der Waals surface area contributed by atoms with Crippen LogP contribution in [0.25, 0.3) is 11.1 Å². The molecule has 5 rings (SSSR count). The van der Waals surface area contributed by atoms with Crippen LogP contribution in [0.15, 0.2) is 98.8 Å². The summed E-state index contributed by atoms with van der Waals surface area (Å²) in [5.41, 5.74) is 2.97. The number of fused-ring (bicyclic) bond motifs is 1. The molecule has 0 bridgehead atoms. The van der Waals surface area contributed by atoms with E-state index in [1.165, 1.54) is 28.4 Å². The number of hydrogen-bond acceptors (Lipinski definition) is 5. The van der Waals surface area contributed by atoms with Gasteiger partial charge in [0, 0.05) is 20.0 Å². The maximum Gasteiger partial charge on any atom is 0.353 e. The second-order valence-electron chi connectivity index (χ2n) is 8.31. The Kier molecular flexibility index (Phi) is 7.22. The Morgan fingerprint density at radius 2 is 1.72 bits per heavy atom. The van der Waals surface area contributed by atoms with Gasteiger partial charge in [-0.05, 0) is 44.8 Å². The number of carboxylic acids is 1. The molecule has 2 N–H and O–H groups in total. The first-order valence-electron chi connectivity index (χ1n) is 11.2. The van der Waals surface area contributed by atoms with Gasteiger partial charge >= 0.3 is 5.97 Å². The highest BCUT2D eigenvalue weighted by Crippen LogP contribution is 2.46.